The van der Waals surface area contributed by atoms with Crippen LogP contribution in [0.5, 0.6) is 0 Å². The van der Waals surface area contributed by atoms with Gasteiger partial charge < -0.3 is 5.11 Å². The number of ketones is 1. The average Bonchev–Trinajstić information content (AvgIpc) is 4.20. The number of carboxylic acid groups (broad SMARTS) is 1. The van der Waals surface area contributed by atoms with Crippen LogP contribution in [0.4, 0.5) is 0 Å². The summed E-state index contributed by atoms with van der Waals surface area (Å²) in [7, 11) is 0. The molecule has 10 rings (SSSR count). The van der Waals surface area contributed by atoms with Gasteiger partial charge >= 0.3 is 5.97 Å². The van der Waals surface area contributed by atoms with Crippen molar-refractivity contribution in [3.8, 4) is 22.5 Å². The molecule has 2 saturated carbocycles. The number of hydrogen-bond acceptors (Lipinski definition) is 6. The van der Waals surface area contributed by atoms with Gasteiger partial charge in [-0.2, -0.15) is 0 Å². The van der Waals surface area contributed by atoms with Crippen LogP contribution in [0.3, 0.4) is 0 Å². The number of Topliss-reactive ketones (excluding diaryl/α,β-unsaturated/α-hetero) is 1. The zero-order chi connectivity index (χ0) is 39.6. The van der Waals surface area contributed by atoms with Gasteiger partial charge in [-0.3, -0.25) is 24.7 Å². The molecule has 2 aliphatic carbocycles. The molecular weight excluding hydrogens is 717 g/mol. The van der Waals surface area contributed by atoms with Crippen LogP contribution in [-0.4, -0.2) is 36.8 Å². The lowest BCUT2D eigenvalue weighted by molar-refractivity contribution is 0.0695. The Bertz CT molecular complexity index is 2620. The van der Waals surface area contributed by atoms with E-state index in [2.05, 4.69) is 80.6 Å². The van der Waals surface area contributed by atoms with E-state index in [1.165, 1.54) is 18.4 Å². The molecule has 2 aliphatic rings. The predicted octanol–water partition coefficient (Wildman–Crippen LogP) is 11.4. The number of aromatic carboxylic acids is 1. The number of aromatic nitrogens is 4. The molecule has 58 heavy (non-hydrogen) atoms. The molecule has 4 aromatic carbocycles. The Kier molecular flexibility index (Phi) is 10.1. The van der Waals surface area contributed by atoms with Gasteiger partial charge in [-0.25, -0.2) is 4.79 Å². The molecule has 4 aromatic heterocycles. The minimum atomic E-state index is -0.911. The second-order valence-electron chi connectivity index (χ2n) is 15.5. The summed E-state index contributed by atoms with van der Waals surface area (Å²) >= 11 is 0. The summed E-state index contributed by atoms with van der Waals surface area (Å²) in [6.07, 6.45) is 13.3. The Balaban J connectivity index is 0.000000150. The lowest BCUT2D eigenvalue weighted by Gasteiger charge is -2.11. The zero-order valence-electron chi connectivity index (χ0n) is 32.3. The third-order valence-corrected chi connectivity index (χ3v) is 11.2. The highest BCUT2D eigenvalue weighted by molar-refractivity contribution is 5.97. The summed E-state index contributed by atoms with van der Waals surface area (Å²) in [4.78, 5) is 42.3. The van der Waals surface area contributed by atoms with Gasteiger partial charge in [0.25, 0.3) is 0 Å². The van der Waals surface area contributed by atoms with E-state index in [1.54, 1.807) is 13.0 Å². The quantitative estimate of drug-likeness (QED) is 0.138. The molecule has 7 nitrogen and oxygen atoms in total. The molecule has 8 aromatic rings. The predicted molar refractivity (Wildman–Crippen MR) is 229 cm³/mol. The molecule has 0 atom stereocenters. The molecule has 0 aliphatic heterocycles. The number of fused-ring (bicyclic) bond motifs is 2. The number of carboxylic acids is 1. The third kappa shape index (κ3) is 8.02. The van der Waals surface area contributed by atoms with E-state index >= 15 is 0 Å². The minimum absolute atomic E-state index is 0.0892. The molecule has 0 unspecified atom stereocenters. The molecule has 7 heteroatoms. The van der Waals surface area contributed by atoms with E-state index < -0.39 is 5.97 Å². The van der Waals surface area contributed by atoms with Crippen LogP contribution in [0.2, 0.25) is 0 Å². The molecule has 0 radical (unpaired) electrons. The van der Waals surface area contributed by atoms with Crippen molar-refractivity contribution in [1.82, 2.24) is 19.9 Å². The van der Waals surface area contributed by atoms with Crippen molar-refractivity contribution >= 4 is 33.3 Å². The number of hydrogen-bond donors (Lipinski definition) is 1. The summed E-state index contributed by atoms with van der Waals surface area (Å²) in [5, 5.41) is 14.1. The SMILES string of the molecule is CC(=O)c1cc(C2CC2)cnc1Cc1ccc2c(-c3ccccc3)nccc2c1.O=C(O)c1cc(C2CC2)cnc1Cc1ccc2c(-c3ccccc3)nccc2c1. The fraction of sp³-hybridized carbons (Fsp3) is 0.176. The molecule has 284 valence electrons. The third-order valence-electron chi connectivity index (χ3n) is 11.2. The number of rotatable bonds is 10. The van der Waals surface area contributed by atoms with Crippen LogP contribution in [0.1, 0.15) is 98.8 Å². The van der Waals surface area contributed by atoms with Gasteiger partial charge in [-0.1, -0.05) is 97.1 Å². The number of pyridine rings is 4. The number of nitrogens with zero attached hydrogens (tertiary/aromatic N) is 4. The fourth-order valence-electron chi connectivity index (χ4n) is 7.78. The van der Waals surface area contributed by atoms with E-state index in [9.17, 15) is 14.7 Å². The normalized spacial score (nSPS) is 13.5. The summed E-state index contributed by atoms with van der Waals surface area (Å²) in [6.45, 7) is 1.63. The van der Waals surface area contributed by atoms with Crippen molar-refractivity contribution in [2.45, 2.75) is 57.3 Å². The largest absolute Gasteiger partial charge is 0.478 e. The minimum Gasteiger partial charge on any atom is -0.478 e. The first-order valence-electron chi connectivity index (χ1n) is 20.0. The van der Waals surface area contributed by atoms with E-state index in [0.717, 1.165) is 84.8 Å². The van der Waals surface area contributed by atoms with E-state index in [4.69, 9.17) is 0 Å². The summed E-state index contributed by atoms with van der Waals surface area (Å²) < 4.78 is 0. The van der Waals surface area contributed by atoms with Crippen molar-refractivity contribution in [3.63, 3.8) is 0 Å². The molecule has 0 saturated heterocycles. The van der Waals surface area contributed by atoms with Gasteiger partial charge in [0.2, 0.25) is 0 Å². The first kappa shape index (κ1) is 36.8. The number of carbonyl (C=O) groups excluding carboxylic acids is 1. The van der Waals surface area contributed by atoms with Gasteiger partial charge in [0.05, 0.1) is 28.3 Å². The topological polar surface area (TPSA) is 106 Å². The maximum atomic E-state index is 12.2. The highest BCUT2D eigenvalue weighted by Crippen LogP contribution is 2.41. The van der Waals surface area contributed by atoms with Gasteiger partial charge in [0, 0.05) is 65.1 Å². The van der Waals surface area contributed by atoms with Crippen LogP contribution in [0.15, 0.2) is 146 Å². The van der Waals surface area contributed by atoms with Crippen molar-refractivity contribution in [3.05, 3.63) is 191 Å². The highest BCUT2D eigenvalue weighted by Gasteiger charge is 2.27. The maximum Gasteiger partial charge on any atom is 0.337 e. The van der Waals surface area contributed by atoms with Crippen LogP contribution in [-0.2, 0) is 12.8 Å². The van der Waals surface area contributed by atoms with Crippen molar-refractivity contribution in [2.75, 3.05) is 0 Å². The number of carbonyl (C=O) groups is 2. The van der Waals surface area contributed by atoms with Gasteiger partial charge in [-0.15, -0.1) is 0 Å². The standard InChI is InChI=1S/C26H22N2O.C25H20N2O2/c1-17(29)24-15-22(19-8-9-19)16-28-25(24)14-18-7-10-23-21(13-18)11-12-27-26(23)20-5-3-2-4-6-20;28-25(29)22-14-20(17-7-8-17)15-27-23(22)13-16-6-9-21-19(12-16)10-11-26-24(21)18-4-2-1-3-5-18/h2-7,10-13,15-16,19H,8-9,14H2,1H3;1-6,9-12,14-15,17H,7-8,13H2,(H,28,29). The van der Waals surface area contributed by atoms with Crippen molar-refractivity contribution in [1.29, 1.82) is 0 Å². The summed E-state index contributed by atoms with van der Waals surface area (Å²) in [5.41, 5.74) is 11.1. The second-order valence-corrected chi connectivity index (χ2v) is 15.5. The monoisotopic (exact) mass is 758 g/mol. The van der Waals surface area contributed by atoms with Gasteiger partial charge in [-0.05, 0) is 102 Å². The lowest BCUT2D eigenvalue weighted by atomic mass is 9.97. The Labute approximate surface area is 337 Å². The van der Waals surface area contributed by atoms with Crippen LogP contribution < -0.4 is 0 Å². The zero-order valence-corrected chi connectivity index (χ0v) is 32.3. The van der Waals surface area contributed by atoms with Crippen LogP contribution in [0.25, 0.3) is 44.1 Å². The number of benzene rings is 4. The molecule has 0 bridgehead atoms. The Morgan fingerprint density at radius 2 is 1.00 bits per heavy atom. The fourth-order valence-corrected chi connectivity index (χ4v) is 7.78. The van der Waals surface area contributed by atoms with Gasteiger partial charge in [0.1, 0.15) is 0 Å². The molecule has 4 heterocycles. The van der Waals surface area contributed by atoms with Crippen molar-refractivity contribution < 1.29 is 14.7 Å². The molecule has 0 amide bonds. The second kappa shape index (κ2) is 15.9. The Morgan fingerprint density at radius 3 is 1.43 bits per heavy atom. The van der Waals surface area contributed by atoms with Crippen LogP contribution >= 0.6 is 0 Å². The van der Waals surface area contributed by atoms with Gasteiger partial charge in [0.15, 0.2) is 5.78 Å². The molecule has 1 N–H and O–H groups in total. The molecular formula is C51H42N4O3. The van der Waals surface area contributed by atoms with Crippen molar-refractivity contribution in [2.24, 2.45) is 0 Å². The van der Waals surface area contributed by atoms with E-state index in [-0.39, 0.29) is 5.78 Å². The Morgan fingerprint density at radius 1 is 0.552 bits per heavy atom. The molecule has 0 spiro atoms. The highest BCUT2D eigenvalue weighted by atomic mass is 16.4. The smallest absolute Gasteiger partial charge is 0.337 e. The van der Waals surface area contributed by atoms with E-state index in [1.807, 2.05) is 79.4 Å². The molecule has 2 fully saturated rings. The maximum absolute atomic E-state index is 12.2. The van der Waals surface area contributed by atoms with Crippen LogP contribution in [0, 0.1) is 0 Å². The average molecular weight is 759 g/mol. The van der Waals surface area contributed by atoms with E-state index in [0.29, 0.717) is 35.9 Å². The first-order valence-corrected chi connectivity index (χ1v) is 20.0. The summed E-state index contributed by atoms with van der Waals surface area (Å²) in [5.74, 6) is 0.260. The Hall–Kier alpha value is -6.86. The lowest BCUT2D eigenvalue weighted by Crippen LogP contribution is -2.07. The summed E-state index contributed by atoms with van der Waals surface area (Å²) in [6, 6.07) is 40.9. The first-order chi connectivity index (χ1) is 28.4.